The second-order valence-electron chi connectivity index (χ2n) is 7.57. The molecule has 0 radical (unpaired) electrons. The molecule has 2 atom stereocenters. The third-order valence-electron chi connectivity index (χ3n) is 5.06. The summed E-state index contributed by atoms with van der Waals surface area (Å²) in [7, 11) is 0. The van der Waals surface area contributed by atoms with Gasteiger partial charge in [0.15, 0.2) is 0 Å². The van der Waals surface area contributed by atoms with E-state index >= 15 is 0 Å². The molecule has 0 saturated carbocycles. The predicted octanol–water partition coefficient (Wildman–Crippen LogP) is 2.82. The number of benzene rings is 2. The van der Waals surface area contributed by atoms with Crippen LogP contribution in [0.15, 0.2) is 42.5 Å². The molecule has 2 N–H and O–H groups in total. The Labute approximate surface area is 165 Å². The fraction of sp³-hybridized carbons (Fsp3) is 0.364. The van der Waals surface area contributed by atoms with Gasteiger partial charge in [-0.3, -0.25) is 9.69 Å². The second kappa shape index (κ2) is 7.64. The van der Waals surface area contributed by atoms with Gasteiger partial charge in [0.1, 0.15) is 24.0 Å². The first-order chi connectivity index (χ1) is 13.2. The molecule has 28 heavy (non-hydrogen) atoms. The number of rotatable bonds is 6. The minimum atomic E-state index is -1.14. The normalized spacial score (nSPS) is 20.2. The number of imide groups is 1. The Morgan fingerprint density at radius 2 is 1.71 bits per heavy atom. The quantitative estimate of drug-likeness (QED) is 0.753. The Balaban J connectivity index is 1.66. The van der Waals surface area contributed by atoms with Crippen molar-refractivity contribution < 1.29 is 19.4 Å². The van der Waals surface area contributed by atoms with Crippen molar-refractivity contribution in [1.82, 2.24) is 10.2 Å². The number of hydrogen-bond donors (Lipinski definition) is 2. The number of aryl methyl sites for hydroxylation is 3. The molecule has 0 bridgehead atoms. The van der Waals surface area contributed by atoms with Gasteiger partial charge >= 0.3 is 6.03 Å². The number of carbonyl (C=O) groups excluding carboxylic acids is 2. The summed E-state index contributed by atoms with van der Waals surface area (Å²) in [4.78, 5) is 26.4. The Morgan fingerprint density at radius 3 is 2.36 bits per heavy atom. The van der Waals surface area contributed by atoms with E-state index in [4.69, 9.17) is 4.74 Å². The van der Waals surface area contributed by atoms with Crippen molar-refractivity contribution in [3.63, 3.8) is 0 Å². The van der Waals surface area contributed by atoms with Crippen LogP contribution in [0.25, 0.3) is 0 Å². The molecule has 2 unspecified atom stereocenters. The molecule has 1 aliphatic rings. The third-order valence-corrected chi connectivity index (χ3v) is 5.06. The van der Waals surface area contributed by atoms with Gasteiger partial charge in [-0.25, -0.2) is 4.79 Å². The van der Waals surface area contributed by atoms with Gasteiger partial charge in [0.2, 0.25) is 0 Å². The number of nitrogens with one attached hydrogen (secondary N) is 1. The molecule has 1 saturated heterocycles. The zero-order chi connectivity index (χ0) is 20.5. The van der Waals surface area contributed by atoms with E-state index in [1.807, 2.05) is 63.2 Å². The lowest BCUT2D eigenvalue weighted by atomic mass is 9.91. The number of nitrogens with zero attached hydrogens (tertiary/aromatic N) is 1. The van der Waals surface area contributed by atoms with Crippen molar-refractivity contribution >= 4 is 11.9 Å². The predicted molar refractivity (Wildman–Crippen MR) is 106 cm³/mol. The maximum atomic E-state index is 12.9. The highest BCUT2D eigenvalue weighted by atomic mass is 16.5. The van der Waals surface area contributed by atoms with Crippen molar-refractivity contribution in [2.45, 2.75) is 39.3 Å². The lowest BCUT2D eigenvalue weighted by Crippen LogP contribution is -2.42. The molecule has 6 heteroatoms. The molecule has 0 aliphatic carbocycles. The molecule has 0 aromatic heterocycles. The van der Waals surface area contributed by atoms with Gasteiger partial charge in [-0.15, -0.1) is 0 Å². The Bertz CT molecular complexity index is 894. The Morgan fingerprint density at radius 1 is 1.07 bits per heavy atom. The zero-order valence-corrected chi connectivity index (χ0v) is 16.7. The minimum absolute atomic E-state index is 0.0117. The van der Waals surface area contributed by atoms with Crippen LogP contribution in [0.2, 0.25) is 0 Å². The van der Waals surface area contributed by atoms with Crippen molar-refractivity contribution in [1.29, 1.82) is 0 Å². The van der Waals surface area contributed by atoms with Gasteiger partial charge in [0.25, 0.3) is 5.91 Å². The van der Waals surface area contributed by atoms with E-state index in [-0.39, 0.29) is 19.1 Å². The van der Waals surface area contributed by atoms with Crippen LogP contribution < -0.4 is 10.1 Å². The number of urea groups is 1. The highest BCUT2D eigenvalue weighted by Gasteiger charge is 2.49. The van der Waals surface area contributed by atoms with Crippen LogP contribution in [0.4, 0.5) is 4.79 Å². The molecule has 6 nitrogen and oxygen atoms in total. The highest BCUT2D eigenvalue weighted by molar-refractivity contribution is 6.07. The summed E-state index contributed by atoms with van der Waals surface area (Å²) in [5.41, 5.74) is 2.73. The maximum Gasteiger partial charge on any atom is 0.325 e. The largest absolute Gasteiger partial charge is 0.491 e. The molecule has 1 fully saturated rings. The minimum Gasteiger partial charge on any atom is -0.491 e. The number of ether oxygens (including phenoxy) is 1. The van der Waals surface area contributed by atoms with E-state index in [0.29, 0.717) is 11.3 Å². The standard InChI is InChI=1S/C22H26N2O4/c1-14-5-8-17(9-6-14)22(4)20(26)24(21(27)23-22)12-18(25)13-28-19-10-7-15(2)11-16(19)3/h5-11,18,25H,12-13H2,1-4H3,(H,23,27). The molecule has 148 valence electrons. The molecule has 1 heterocycles. The Hall–Kier alpha value is -2.86. The van der Waals surface area contributed by atoms with Gasteiger partial charge in [0.05, 0.1) is 6.54 Å². The number of hydrogen-bond acceptors (Lipinski definition) is 4. The van der Waals surface area contributed by atoms with Crippen molar-refractivity contribution in [2.75, 3.05) is 13.2 Å². The van der Waals surface area contributed by atoms with Crippen LogP contribution in [0.1, 0.15) is 29.2 Å². The molecule has 3 rings (SSSR count). The molecule has 0 spiro atoms. The fourth-order valence-corrected chi connectivity index (χ4v) is 3.36. The second-order valence-corrected chi connectivity index (χ2v) is 7.57. The maximum absolute atomic E-state index is 12.9. The summed E-state index contributed by atoms with van der Waals surface area (Å²) in [6, 6.07) is 12.7. The van der Waals surface area contributed by atoms with E-state index in [9.17, 15) is 14.7 Å². The summed E-state index contributed by atoms with van der Waals surface area (Å²) in [6.07, 6.45) is -0.990. The fourth-order valence-electron chi connectivity index (χ4n) is 3.36. The molecular formula is C22H26N2O4. The summed E-state index contributed by atoms with van der Waals surface area (Å²) >= 11 is 0. The van der Waals surface area contributed by atoms with Crippen LogP contribution in [0, 0.1) is 20.8 Å². The van der Waals surface area contributed by atoms with E-state index in [2.05, 4.69) is 5.32 Å². The SMILES string of the molecule is Cc1ccc(C2(C)NC(=O)N(CC(O)COc3ccc(C)cc3C)C2=O)cc1. The van der Waals surface area contributed by atoms with Crippen molar-refractivity contribution in [2.24, 2.45) is 0 Å². The smallest absolute Gasteiger partial charge is 0.325 e. The average Bonchev–Trinajstić information content (AvgIpc) is 2.85. The van der Waals surface area contributed by atoms with Crippen LogP contribution in [-0.2, 0) is 10.3 Å². The van der Waals surface area contributed by atoms with E-state index in [1.165, 1.54) is 0 Å². The molecule has 3 amide bonds. The first-order valence-corrected chi connectivity index (χ1v) is 9.30. The summed E-state index contributed by atoms with van der Waals surface area (Å²) in [5, 5.41) is 13.1. The lowest BCUT2D eigenvalue weighted by molar-refractivity contribution is -0.132. The number of carbonyl (C=O) groups is 2. The lowest BCUT2D eigenvalue weighted by Gasteiger charge is -2.23. The number of amides is 3. The topological polar surface area (TPSA) is 78.9 Å². The average molecular weight is 382 g/mol. The number of β-amino-alcohol motifs (C(OH)–C–C–N with tert-alkyl or cyclic N) is 1. The molecule has 2 aromatic carbocycles. The van der Waals surface area contributed by atoms with Crippen LogP contribution in [-0.4, -0.2) is 41.2 Å². The van der Waals surface area contributed by atoms with Crippen molar-refractivity contribution in [3.05, 3.63) is 64.7 Å². The zero-order valence-electron chi connectivity index (χ0n) is 16.7. The van der Waals surface area contributed by atoms with Crippen molar-refractivity contribution in [3.8, 4) is 5.75 Å². The van der Waals surface area contributed by atoms with Gasteiger partial charge < -0.3 is 15.2 Å². The molecule has 1 aliphatic heterocycles. The number of aliphatic hydroxyl groups excluding tert-OH is 1. The first kappa shape index (κ1) is 19.9. The number of aliphatic hydroxyl groups is 1. The van der Waals surface area contributed by atoms with Gasteiger partial charge in [0, 0.05) is 0 Å². The van der Waals surface area contributed by atoms with E-state index in [0.717, 1.165) is 21.6 Å². The molecular weight excluding hydrogens is 356 g/mol. The Kier molecular flexibility index (Phi) is 5.42. The van der Waals surface area contributed by atoms with E-state index in [1.54, 1.807) is 6.92 Å². The highest BCUT2D eigenvalue weighted by Crippen LogP contribution is 2.29. The third kappa shape index (κ3) is 3.87. The van der Waals surface area contributed by atoms with Gasteiger partial charge in [-0.2, -0.15) is 0 Å². The summed E-state index contributed by atoms with van der Waals surface area (Å²) in [5.74, 6) is 0.290. The van der Waals surface area contributed by atoms with E-state index < -0.39 is 17.7 Å². The summed E-state index contributed by atoms with van der Waals surface area (Å²) in [6.45, 7) is 7.42. The van der Waals surface area contributed by atoms with Crippen LogP contribution >= 0.6 is 0 Å². The van der Waals surface area contributed by atoms with Gasteiger partial charge in [-0.05, 0) is 44.9 Å². The van der Waals surface area contributed by atoms with Gasteiger partial charge in [-0.1, -0.05) is 47.5 Å². The summed E-state index contributed by atoms with van der Waals surface area (Å²) < 4.78 is 5.66. The monoisotopic (exact) mass is 382 g/mol. The molecule has 2 aromatic rings. The van der Waals surface area contributed by atoms with Crippen LogP contribution in [0.3, 0.4) is 0 Å². The van der Waals surface area contributed by atoms with Crippen LogP contribution in [0.5, 0.6) is 5.75 Å². The first-order valence-electron chi connectivity index (χ1n) is 9.30.